The van der Waals surface area contributed by atoms with Crippen molar-refractivity contribution < 1.29 is 13.0 Å². The van der Waals surface area contributed by atoms with Crippen LogP contribution in [0.15, 0.2) is 52.5 Å². The van der Waals surface area contributed by atoms with E-state index in [2.05, 4.69) is 5.10 Å². The number of H-pyrrole nitrogens is 1. The van der Waals surface area contributed by atoms with E-state index in [0.29, 0.717) is 4.54 Å². The summed E-state index contributed by atoms with van der Waals surface area (Å²) in [6, 6.07) is 8.69. The van der Waals surface area contributed by atoms with Crippen LogP contribution in [0.1, 0.15) is 0 Å². The molecule has 7 heteroatoms. The second-order valence-corrected chi connectivity index (χ2v) is 5.54. The van der Waals surface area contributed by atoms with E-state index in [1.807, 2.05) is 0 Å². The molecule has 5 nitrogen and oxygen atoms in total. The number of aromatic nitrogens is 2. The number of rotatable bonds is 2. The number of hydrogen-bond donors (Lipinski definition) is 1. The van der Waals surface area contributed by atoms with Crippen molar-refractivity contribution in [2.45, 2.75) is 9.92 Å². The molecule has 1 N–H and O–H groups in total. The maximum atomic E-state index is 12.1. The summed E-state index contributed by atoms with van der Waals surface area (Å²) in [4.78, 5) is 11.0. The number of benzene rings is 1. The van der Waals surface area contributed by atoms with Crippen molar-refractivity contribution in [3.63, 3.8) is 0 Å². The SMILES string of the molecule is O=[n+]1cccc(S(=O)(=O)c2ccccc2Cl)[nH]1. The molecule has 2 aromatic rings. The first-order chi connectivity index (χ1) is 8.01. The zero-order valence-electron chi connectivity index (χ0n) is 8.50. The third-order valence-corrected chi connectivity index (χ3v) is 4.29. The van der Waals surface area contributed by atoms with E-state index in [0.717, 1.165) is 6.20 Å². The molecule has 0 aliphatic heterocycles. The Labute approximate surface area is 102 Å². The van der Waals surface area contributed by atoms with Crippen LogP contribution in [0.5, 0.6) is 0 Å². The lowest BCUT2D eigenvalue weighted by atomic mass is 10.4. The van der Waals surface area contributed by atoms with Gasteiger partial charge in [0.15, 0.2) is 9.57 Å². The normalized spacial score (nSPS) is 11.4. The van der Waals surface area contributed by atoms with Crippen LogP contribution < -0.4 is 4.54 Å². The first-order valence-electron chi connectivity index (χ1n) is 4.63. The molecule has 0 atom stereocenters. The Morgan fingerprint density at radius 2 is 1.82 bits per heavy atom. The minimum Gasteiger partial charge on any atom is -0.217 e. The molecule has 0 unspecified atom stereocenters. The van der Waals surface area contributed by atoms with Gasteiger partial charge in [-0.1, -0.05) is 23.7 Å². The quantitative estimate of drug-likeness (QED) is 0.840. The summed E-state index contributed by atoms with van der Waals surface area (Å²) >= 11 is 5.82. The molecule has 17 heavy (non-hydrogen) atoms. The number of aromatic amines is 1. The van der Waals surface area contributed by atoms with E-state index in [1.54, 1.807) is 12.1 Å². The molecule has 0 aliphatic rings. The zero-order chi connectivity index (χ0) is 12.5. The van der Waals surface area contributed by atoms with Crippen molar-refractivity contribution in [3.8, 4) is 0 Å². The van der Waals surface area contributed by atoms with E-state index in [9.17, 15) is 13.3 Å². The van der Waals surface area contributed by atoms with Gasteiger partial charge in [0, 0.05) is 6.07 Å². The molecule has 0 radical (unpaired) electrons. The third-order valence-electron chi connectivity index (χ3n) is 2.11. The number of hydrogen-bond acceptors (Lipinski definition) is 3. The second kappa shape index (κ2) is 4.31. The topological polar surface area (TPSA) is 72.9 Å². The summed E-state index contributed by atoms with van der Waals surface area (Å²) in [6.45, 7) is 0. The van der Waals surface area contributed by atoms with Gasteiger partial charge in [0.1, 0.15) is 0 Å². The number of nitrogens with zero attached hydrogens (tertiary/aromatic N) is 1. The maximum Gasteiger partial charge on any atom is 0.257 e. The summed E-state index contributed by atoms with van der Waals surface area (Å²) in [5.74, 6) is 0. The highest BCUT2D eigenvalue weighted by atomic mass is 35.5. The van der Waals surface area contributed by atoms with Gasteiger partial charge >= 0.3 is 0 Å². The lowest BCUT2D eigenvalue weighted by molar-refractivity contribution is -0.569. The second-order valence-electron chi connectivity index (χ2n) is 3.24. The minimum absolute atomic E-state index is 0.0379. The molecule has 0 spiro atoms. The highest BCUT2D eigenvalue weighted by molar-refractivity contribution is 7.91. The van der Waals surface area contributed by atoms with Crippen molar-refractivity contribution in [1.29, 1.82) is 0 Å². The Kier molecular flexibility index (Phi) is 2.99. The average molecular weight is 272 g/mol. The van der Waals surface area contributed by atoms with Gasteiger partial charge in [-0.3, -0.25) is 0 Å². The van der Waals surface area contributed by atoms with E-state index >= 15 is 0 Å². The van der Waals surface area contributed by atoms with Gasteiger partial charge in [0.2, 0.25) is 9.84 Å². The van der Waals surface area contributed by atoms with Gasteiger partial charge in [-0.25, -0.2) is 8.42 Å². The van der Waals surface area contributed by atoms with Crippen LogP contribution in [0.4, 0.5) is 0 Å². The van der Waals surface area contributed by atoms with Crippen molar-refractivity contribution in [2.24, 2.45) is 0 Å². The Morgan fingerprint density at radius 3 is 2.47 bits per heavy atom. The predicted octanol–water partition coefficient (Wildman–Crippen LogP) is 1.42. The lowest BCUT2D eigenvalue weighted by Gasteiger charge is -2.03. The first-order valence-corrected chi connectivity index (χ1v) is 6.49. The minimum atomic E-state index is -3.80. The number of nitrogens with one attached hydrogen (secondary N) is 1. The van der Waals surface area contributed by atoms with Crippen molar-refractivity contribution >= 4 is 21.4 Å². The van der Waals surface area contributed by atoms with Gasteiger partial charge < -0.3 is 0 Å². The molecule has 1 aromatic carbocycles. The van der Waals surface area contributed by atoms with Gasteiger partial charge in [-0.15, -0.1) is 5.10 Å². The van der Waals surface area contributed by atoms with Crippen LogP contribution in [-0.4, -0.2) is 13.5 Å². The van der Waals surface area contributed by atoms with Gasteiger partial charge in [-0.05, 0) is 18.2 Å². The van der Waals surface area contributed by atoms with Crippen LogP contribution in [0.3, 0.4) is 0 Å². The molecule has 0 aliphatic carbocycles. The molecule has 0 amide bonds. The van der Waals surface area contributed by atoms with Gasteiger partial charge in [-0.2, -0.15) is 0 Å². The Balaban J connectivity index is 2.67. The fraction of sp³-hybridized carbons (Fsp3) is 0. The monoisotopic (exact) mass is 271 g/mol. The van der Waals surface area contributed by atoms with Gasteiger partial charge in [0.25, 0.3) is 6.20 Å². The van der Waals surface area contributed by atoms with E-state index in [-0.39, 0.29) is 14.9 Å². The van der Waals surface area contributed by atoms with Gasteiger partial charge in [0.05, 0.1) is 14.8 Å². The first kappa shape index (κ1) is 11.8. The standard InChI is InChI=1S/C10H8ClN2O3S/c11-8-4-1-2-5-9(8)17(15,16)10-6-3-7-13(14)12-10/h1-7H,(H,12,14)/q+1. The largest absolute Gasteiger partial charge is 0.257 e. The van der Waals surface area contributed by atoms with E-state index in [4.69, 9.17) is 11.6 Å². The average Bonchev–Trinajstić information content (AvgIpc) is 2.29. The zero-order valence-corrected chi connectivity index (χ0v) is 10.1. The van der Waals surface area contributed by atoms with Crippen LogP contribution >= 0.6 is 11.6 Å². The lowest BCUT2D eigenvalue weighted by Crippen LogP contribution is -2.21. The number of sulfone groups is 1. The predicted molar refractivity (Wildman–Crippen MR) is 61.1 cm³/mol. The summed E-state index contributed by atoms with van der Waals surface area (Å²) in [7, 11) is -3.80. The molecule has 1 heterocycles. The summed E-state index contributed by atoms with van der Waals surface area (Å²) < 4.78 is 24.6. The molecular formula is C10H8ClN2O3S+. The highest BCUT2D eigenvalue weighted by Gasteiger charge is 2.23. The van der Waals surface area contributed by atoms with E-state index in [1.165, 1.54) is 24.3 Å². The van der Waals surface area contributed by atoms with Crippen molar-refractivity contribution in [1.82, 2.24) is 5.10 Å². The molecule has 2 rings (SSSR count). The van der Waals surface area contributed by atoms with E-state index < -0.39 is 9.84 Å². The fourth-order valence-corrected chi connectivity index (χ4v) is 3.05. The summed E-state index contributed by atoms with van der Waals surface area (Å²) in [5, 5.41) is 2.10. The summed E-state index contributed by atoms with van der Waals surface area (Å²) in [6.07, 6.45) is 1.16. The van der Waals surface area contributed by atoms with Crippen LogP contribution in [-0.2, 0) is 9.84 Å². The van der Waals surface area contributed by atoms with Crippen LogP contribution in [0.25, 0.3) is 0 Å². The summed E-state index contributed by atoms with van der Waals surface area (Å²) in [5.41, 5.74) is 0. The Morgan fingerprint density at radius 1 is 1.12 bits per heavy atom. The highest BCUT2D eigenvalue weighted by Crippen LogP contribution is 2.25. The fourth-order valence-electron chi connectivity index (χ4n) is 1.32. The molecule has 0 bridgehead atoms. The smallest absolute Gasteiger partial charge is 0.217 e. The molecule has 0 fully saturated rings. The third kappa shape index (κ3) is 2.22. The molecule has 0 saturated heterocycles. The molecular weight excluding hydrogens is 264 g/mol. The molecule has 88 valence electrons. The van der Waals surface area contributed by atoms with Crippen molar-refractivity contribution in [3.05, 3.63) is 52.5 Å². The Bertz CT molecular complexity index is 709. The maximum absolute atomic E-state index is 12.1. The van der Waals surface area contributed by atoms with Crippen LogP contribution in [0, 0.1) is 4.91 Å². The van der Waals surface area contributed by atoms with Crippen LogP contribution in [0.2, 0.25) is 5.02 Å². The molecule has 0 saturated carbocycles. The number of halogens is 1. The molecule has 1 aromatic heterocycles. The Hall–Kier alpha value is -1.66. The van der Waals surface area contributed by atoms with Crippen molar-refractivity contribution in [2.75, 3.05) is 0 Å².